The molecule has 3 N–H and O–H groups in total. The van der Waals surface area contributed by atoms with Crippen molar-refractivity contribution in [3.63, 3.8) is 0 Å². The van der Waals surface area contributed by atoms with Crippen LogP contribution in [-0.4, -0.2) is 42.5 Å². The summed E-state index contributed by atoms with van der Waals surface area (Å²) >= 11 is 2.19. The number of hydrogen-bond acceptors (Lipinski definition) is 4. The molecule has 0 bridgehead atoms. The van der Waals surface area contributed by atoms with E-state index in [4.69, 9.17) is 10.5 Å². The van der Waals surface area contributed by atoms with Gasteiger partial charge < -0.3 is 20.7 Å². The minimum absolute atomic E-state index is 0.235. The maximum Gasteiger partial charge on any atom is 0.254 e. The van der Waals surface area contributed by atoms with Crippen LogP contribution in [0.15, 0.2) is 48.5 Å². The molecule has 2 aromatic carbocycles. The molecule has 0 aromatic heterocycles. The number of carbonyl (C=O) groups excluding carboxylic acids is 2. The zero-order valence-corrected chi connectivity index (χ0v) is 19.4. The van der Waals surface area contributed by atoms with Gasteiger partial charge in [0.05, 0.1) is 7.11 Å². The van der Waals surface area contributed by atoms with Crippen molar-refractivity contribution >= 4 is 34.4 Å². The van der Waals surface area contributed by atoms with E-state index in [9.17, 15) is 9.59 Å². The second-order valence-corrected chi connectivity index (χ2v) is 8.84. The van der Waals surface area contributed by atoms with Crippen LogP contribution in [0.4, 0.5) is 0 Å². The number of hydrogen-bond donors (Lipinski definition) is 2. The molecular formula is C22H28IN3O3. The Morgan fingerprint density at radius 3 is 2.45 bits per heavy atom. The number of nitrogens with one attached hydrogen (secondary N) is 1. The van der Waals surface area contributed by atoms with Crippen LogP contribution in [0.3, 0.4) is 0 Å². The van der Waals surface area contributed by atoms with Gasteiger partial charge in [0.2, 0.25) is 5.91 Å². The fraction of sp³-hybridized carbons (Fsp3) is 0.364. The summed E-state index contributed by atoms with van der Waals surface area (Å²) < 4.78 is 6.15. The molecule has 1 unspecified atom stereocenters. The predicted octanol–water partition coefficient (Wildman–Crippen LogP) is 3.36. The summed E-state index contributed by atoms with van der Waals surface area (Å²) in [6, 6.07) is 13.7. The molecule has 0 aliphatic carbocycles. The normalized spacial score (nSPS) is 12.2. The minimum atomic E-state index is -0.801. The van der Waals surface area contributed by atoms with Crippen molar-refractivity contribution in [3.8, 4) is 5.75 Å². The maximum absolute atomic E-state index is 13.4. The van der Waals surface area contributed by atoms with E-state index in [2.05, 4.69) is 27.9 Å². The number of nitrogens with zero attached hydrogens (tertiary/aromatic N) is 1. The smallest absolute Gasteiger partial charge is 0.254 e. The Bertz CT molecular complexity index is 864. The molecular weight excluding hydrogens is 481 g/mol. The van der Waals surface area contributed by atoms with Crippen molar-refractivity contribution in [3.05, 3.63) is 63.2 Å². The Kier molecular flexibility index (Phi) is 8.04. The van der Waals surface area contributed by atoms with Gasteiger partial charge in [-0.2, -0.15) is 0 Å². The summed E-state index contributed by atoms with van der Waals surface area (Å²) in [5.41, 5.74) is 6.59. The minimum Gasteiger partial charge on any atom is -0.497 e. The van der Waals surface area contributed by atoms with Gasteiger partial charge in [-0.1, -0.05) is 24.3 Å². The van der Waals surface area contributed by atoms with Gasteiger partial charge in [0.25, 0.3) is 5.91 Å². The summed E-state index contributed by atoms with van der Waals surface area (Å²) in [5.74, 6) is 0.0582. The molecule has 2 rings (SSSR count). The molecule has 0 radical (unpaired) electrons. The predicted molar refractivity (Wildman–Crippen MR) is 123 cm³/mol. The molecule has 2 amide bonds. The van der Waals surface area contributed by atoms with Gasteiger partial charge in [-0.15, -0.1) is 0 Å². The van der Waals surface area contributed by atoms with Gasteiger partial charge in [-0.25, -0.2) is 0 Å². The van der Waals surface area contributed by atoms with E-state index in [0.717, 1.165) is 9.13 Å². The molecule has 0 aliphatic heterocycles. The lowest BCUT2D eigenvalue weighted by atomic mass is 10.0. The summed E-state index contributed by atoms with van der Waals surface area (Å²) in [6.07, 6.45) is 0. The van der Waals surface area contributed by atoms with E-state index >= 15 is 0 Å². The van der Waals surface area contributed by atoms with Crippen LogP contribution in [-0.2, 0) is 4.79 Å². The fourth-order valence-electron chi connectivity index (χ4n) is 2.99. The van der Waals surface area contributed by atoms with Crippen LogP contribution in [0.5, 0.6) is 5.75 Å². The monoisotopic (exact) mass is 509 g/mol. The van der Waals surface area contributed by atoms with Gasteiger partial charge in [-0.3, -0.25) is 9.59 Å². The summed E-state index contributed by atoms with van der Waals surface area (Å²) in [5, 5.41) is 3.01. The molecule has 1 atom stereocenters. The highest BCUT2D eigenvalue weighted by molar-refractivity contribution is 14.1. The molecule has 6 nitrogen and oxygen atoms in total. The lowest BCUT2D eigenvalue weighted by molar-refractivity contribution is -0.127. The van der Waals surface area contributed by atoms with E-state index in [1.165, 1.54) is 4.90 Å². The molecule has 0 saturated carbocycles. The number of amides is 2. The summed E-state index contributed by atoms with van der Waals surface area (Å²) in [4.78, 5) is 28.3. The third-order valence-corrected chi connectivity index (χ3v) is 5.19. The van der Waals surface area contributed by atoms with Crippen LogP contribution in [0.2, 0.25) is 0 Å². The highest BCUT2D eigenvalue weighted by Gasteiger charge is 2.34. The van der Waals surface area contributed by atoms with Crippen molar-refractivity contribution in [1.82, 2.24) is 10.2 Å². The second kappa shape index (κ2) is 10.1. The van der Waals surface area contributed by atoms with Crippen molar-refractivity contribution in [1.29, 1.82) is 0 Å². The van der Waals surface area contributed by atoms with E-state index < -0.39 is 11.6 Å². The summed E-state index contributed by atoms with van der Waals surface area (Å²) in [7, 11) is 1.55. The molecule has 0 heterocycles. The van der Waals surface area contributed by atoms with Gasteiger partial charge in [0.1, 0.15) is 11.8 Å². The van der Waals surface area contributed by atoms with Crippen LogP contribution >= 0.6 is 22.6 Å². The van der Waals surface area contributed by atoms with Crippen LogP contribution < -0.4 is 15.8 Å². The first-order valence-corrected chi connectivity index (χ1v) is 10.5. The van der Waals surface area contributed by atoms with Crippen molar-refractivity contribution in [2.24, 2.45) is 5.73 Å². The molecule has 2 aromatic rings. The Labute approximate surface area is 185 Å². The molecule has 7 heteroatoms. The fourth-order valence-corrected chi connectivity index (χ4v) is 3.68. The second-order valence-electron chi connectivity index (χ2n) is 7.68. The quantitative estimate of drug-likeness (QED) is 0.561. The SMILES string of the molecule is COc1cccc(C(=O)N(CCN)C(C(=O)NC(C)(C)C)c2ccccc2I)c1. The van der Waals surface area contributed by atoms with Gasteiger partial charge in [-0.05, 0) is 73.2 Å². The first-order chi connectivity index (χ1) is 13.7. The molecule has 156 valence electrons. The van der Waals surface area contributed by atoms with Crippen molar-refractivity contribution < 1.29 is 14.3 Å². The largest absolute Gasteiger partial charge is 0.497 e. The zero-order chi connectivity index (χ0) is 21.6. The lowest BCUT2D eigenvalue weighted by Gasteiger charge is -2.34. The number of nitrogens with two attached hydrogens (primary N) is 1. The van der Waals surface area contributed by atoms with E-state index in [1.807, 2.05) is 45.0 Å². The average molecular weight is 509 g/mol. The first-order valence-electron chi connectivity index (χ1n) is 9.39. The average Bonchev–Trinajstić information content (AvgIpc) is 2.67. The molecule has 0 aliphatic rings. The lowest BCUT2D eigenvalue weighted by Crippen LogP contribution is -2.50. The van der Waals surface area contributed by atoms with Crippen molar-refractivity contribution in [2.45, 2.75) is 32.4 Å². The number of methoxy groups -OCH3 is 1. The standard InChI is InChI=1S/C22H28IN3O3/c1-22(2,3)25-20(27)19(17-10-5-6-11-18(17)23)26(13-12-24)21(28)15-8-7-9-16(14-15)29-4/h5-11,14,19H,12-13,24H2,1-4H3,(H,25,27). The van der Waals surface area contributed by atoms with Gasteiger partial charge in [0.15, 0.2) is 0 Å². The highest BCUT2D eigenvalue weighted by atomic mass is 127. The maximum atomic E-state index is 13.4. The number of ether oxygens (including phenoxy) is 1. The van der Waals surface area contributed by atoms with Crippen LogP contribution in [0, 0.1) is 3.57 Å². The topological polar surface area (TPSA) is 84.7 Å². The zero-order valence-electron chi connectivity index (χ0n) is 17.2. The van der Waals surface area contributed by atoms with Gasteiger partial charge >= 0.3 is 0 Å². The first kappa shape index (κ1) is 23.2. The summed E-state index contributed by atoms with van der Waals surface area (Å²) in [6.45, 7) is 6.21. The van der Waals surface area contributed by atoms with E-state index in [0.29, 0.717) is 11.3 Å². The third-order valence-electron chi connectivity index (χ3n) is 4.21. The number of halogens is 1. The van der Waals surface area contributed by atoms with Gasteiger partial charge in [0, 0.05) is 27.8 Å². The Balaban J connectivity index is 2.54. The Morgan fingerprint density at radius 2 is 1.86 bits per heavy atom. The van der Waals surface area contributed by atoms with E-state index in [1.54, 1.807) is 31.4 Å². The highest BCUT2D eigenvalue weighted by Crippen LogP contribution is 2.28. The third kappa shape index (κ3) is 6.17. The Hall–Kier alpha value is -2.13. The van der Waals surface area contributed by atoms with E-state index in [-0.39, 0.29) is 24.9 Å². The number of benzene rings is 2. The molecule has 0 fully saturated rings. The molecule has 0 saturated heterocycles. The van der Waals surface area contributed by atoms with Crippen LogP contribution in [0.25, 0.3) is 0 Å². The van der Waals surface area contributed by atoms with Crippen molar-refractivity contribution in [2.75, 3.05) is 20.2 Å². The molecule has 0 spiro atoms. The molecule has 29 heavy (non-hydrogen) atoms. The van der Waals surface area contributed by atoms with Crippen LogP contribution in [0.1, 0.15) is 42.7 Å². The number of carbonyl (C=O) groups is 2. The Morgan fingerprint density at radius 1 is 1.17 bits per heavy atom. The number of rotatable bonds is 7.